The second-order valence-electron chi connectivity index (χ2n) is 2.15. The molecule has 0 atom stereocenters. The molecule has 0 spiro atoms. The van der Waals surface area contributed by atoms with Crippen molar-refractivity contribution in [2.45, 2.75) is 0 Å². The highest BCUT2D eigenvalue weighted by molar-refractivity contribution is 8.27. The van der Waals surface area contributed by atoms with E-state index in [1.165, 1.54) is 37.7 Å². The fraction of sp³-hybridized carbons (Fsp3) is 0.250. The van der Waals surface area contributed by atoms with Crippen LogP contribution in [0.25, 0.3) is 0 Å². The molecule has 0 bridgehead atoms. The fourth-order valence-electron chi connectivity index (χ4n) is 0.779. The summed E-state index contributed by atoms with van der Waals surface area (Å²) in [6, 6.07) is 0. The van der Waals surface area contributed by atoms with Crippen LogP contribution in [-0.2, 0) is 19.1 Å². The van der Waals surface area contributed by atoms with Crippen LogP contribution in [0.15, 0.2) is 20.6 Å². The first kappa shape index (κ1) is 11.2. The Balaban J connectivity index is 2.98. The zero-order valence-electron chi connectivity index (χ0n) is 7.60. The highest BCUT2D eigenvalue weighted by Gasteiger charge is 2.26. The van der Waals surface area contributed by atoms with Gasteiger partial charge in [0.15, 0.2) is 5.57 Å². The van der Waals surface area contributed by atoms with Gasteiger partial charge in [-0.3, -0.25) is 0 Å². The minimum absolute atomic E-state index is 0.0463. The van der Waals surface area contributed by atoms with Gasteiger partial charge in [-0.25, -0.2) is 9.59 Å². The van der Waals surface area contributed by atoms with Crippen LogP contribution >= 0.6 is 23.5 Å². The molecule has 14 heavy (non-hydrogen) atoms. The Morgan fingerprint density at radius 1 is 1.07 bits per heavy atom. The molecule has 0 aliphatic carbocycles. The van der Waals surface area contributed by atoms with Gasteiger partial charge in [-0.05, 0) is 10.8 Å². The van der Waals surface area contributed by atoms with E-state index in [1.54, 1.807) is 10.8 Å². The number of methoxy groups -OCH3 is 2. The standard InChI is InChI=1S/C8H8O4S2/c1-11-6(9)5(7(10)12-2)8-13-3-4-14-8/h3-4H,1-2H3. The first-order valence-corrected chi connectivity index (χ1v) is 5.36. The van der Waals surface area contributed by atoms with E-state index in [-0.39, 0.29) is 5.57 Å². The zero-order valence-corrected chi connectivity index (χ0v) is 9.24. The molecule has 1 aliphatic heterocycles. The average Bonchev–Trinajstić information content (AvgIpc) is 2.70. The summed E-state index contributed by atoms with van der Waals surface area (Å²) in [5.74, 6) is -1.34. The van der Waals surface area contributed by atoms with Crippen molar-refractivity contribution < 1.29 is 19.1 Å². The van der Waals surface area contributed by atoms with E-state index < -0.39 is 11.9 Å². The van der Waals surface area contributed by atoms with E-state index in [0.29, 0.717) is 4.24 Å². The summed E-state index contributed by atoms with van der Waals surface area (Å²) in [7, 11) is 2.45. The highest BCUT2D eigenvalue weighted by atomic mass is 32.2. The number of thioether (sulfide) groups is 2. The van der Waals surface area contributed by atoms with Crippen LogP contribution in [0.2, 0.25) is 0 Å². The van der Waals surface area contributed by atoms with Crippen molar-refractivity contribution in [1.82, 2.24) is 0 Å². The second-order valence-corrected chi connectivity index (χ2v) is 4.24. The summed E-state index contributed by atoms with van der Waals surface area (Å²) in [5.41, 5.74) is -0.0463. The van der Waals surface area contributed by atoms with Gasteiger partial charge < -0.3 is 9.47 Å². The Hall–Kier alpha value is -0.880. The lowest BCUT2D eigenvalue weighted by Gasteiger charge is -2.05. The quantitative estimate of drug-likeness (QED) is 0.311. The number of ether oxygens (including phenoxy) is 2. The lowest BCUT2D eigenvalue weighted by Crippen LogP contribution is -2.16. The van der Waals surface area contributed by atoms with Gasteiger partial charge in [0.1, 0.15) is 0 Å². The first-order chi connectivity index (χ1) is 6.70. The molecule has 4 nitrogen and oxygen atoms in total. The second kappa shape index (κ2) is 5.11. The van der Waals surface area contributed by atoms with Gasteiger partial charge in [-0.1, -0.05) is 23.5 Å². The molecule has 0 fully saturated rings. The molecule has 0 saturated heterocycles. The maximum Gasteiger partial charge on any atom is 0.347 e. The molecule has 0 aromatic rings. The summed E-state index contributed by atoms with van der Waals surface area (Å²) >= 11 is 2.60. The van der Waals surface area contributed by atoms with Gasteiger partial charge in [-0.15, -0.1) is 0 Å². The van der Waals surface area contributed by atoms with Gasteiger partial charge in [0.25, 0.3) is 0 Å². The monoisotopic (exact) mass is 232 g/mol. The molecule has 1 rings (SSSR count). The van der Waals surface area contributed by atoms with Crippen LogP contribution in [0.1, 0.15) is 0 Å². The average molecular weight is 232 g/mol. The Labute approximate surface area is 89.7 Å². The summed E-state index contributed by atoms with van der Waals surface area (Å²) < 4.78 is 9.58. The van der Waals surface area contributed by atoms with Crippen LogP contribution in [0.5, 0.6) is 0 Å². The summed E-state index contributed by atoms with van der Waals surface area (Å²) in [6.45, 7) is 0. The van der Waals surface area contributed by atoms with E-state index in [0.717, 1.165) is 0 Å². The van der Waals surface area contributed by atoms with Crippen molar-refractivity contribution in [2.24, 2.45) is 0 Å². The van der Waals surface area contributed by atoms with Gasteiger partial charge in [0.05, 0.1) is 18.5 Å². The largest absolute Gasteiger partial charge is 0.465 e. The van der Waals surface area contributed by atoms with E-state index in [9.17, 15) is 9.59 Å². The molecular weight excluding hydrogens is 224 g/mol. The first-order valence-electron chi connectivity index (χ1n) is 3.60. The highest BCUT2D eigenvalue weighted by Crippen LogP contribution is 2.40. The molecule has 1 aliphatic rings. The third kappa shape index (κ3) is 2.33. The lowest BCUT2D eigenvalue weighted by molar-refractivity contribution is -0.144. The Morgan fingerprint density at radius 3 is 1.86 bits per heavy atom. The van der Waals surface area contributed by atoms with Crippen LogP contribution in [0, 0.1) is 0 Å². The van der Waals surface area contributed by atoms with Crippen LogP contribution in [-0.4, -0.2) is 26.2 Å². The van der Waals surface area contributed by atoms with Crippen molar-refractivity contribution in [3.05, 3.63) is 20.6 Å². The smallest absolute Gasteiger partial charge is 0.347 e. The maximum absolute atomic E-state index is 11.3. The molecule has 0 saturated carbocycles. The van der Waals surface area contributed by atoms with Crippen molar-refractivity contribution in [3.63, 3.8) is 0 Å². The van der Waals surface area contributed by atoms with Crippen molar-refractivity contribution >= 4 is 35.5 Å². The van der Waals surface area contributed by atoms with Crippen LogP contribution < -0.4 is 0 Å². The molecule has 0 aromatic carbocycles. The van der Waals surface area contributed by atoms with Crippen molar-refractivity contribution in [1.29, 1.82) is 0 Å². The van der Waals surface area contributed by atoms with Gasteiger partial charge in [-0.2, -0.15) is 0 Å². The Kier molecular flexibility index (Phi) is 4.09. The van der Waals surface area contributed by atoms with E-state index in [1.807, 2.05) is 0 Å². The van der Waals surface area contributed by atoms with E-state index in [4.69, 9.17) is 0 Å². The third-order valence-corrected chi connectivity index (χ3v) is 3.52. The molecule has 0 amide bonds. The van der Waals surface area contributed by atoms with Crippen LogP contribution in [0.4, 0.5) is 0 Å². The Morgan fingerprint density at radius 2 is 1.50 bits per heavy atom. The molecule has 6 heteroatoms. The number of esters is 2. The van der Waals surface area contributed by atoms with E-state index in [2.05, 4.69) is 9.47 Å². The van der Waals surface area contributed by atoms with Crippen molar-refractivity contribution in [3.8, 4) is 0 Å². The minimum Gasteiger partial charge on any atom is -0.465 e. The lowest BCUT2D eigenvalue weighted by atomic mass is 10.3. The summed E-state index contributed by atoms with van der Waals surface area (Å²) in [6.07, 6.45) is 0. The Bertz CT molecular complexity index is 291. The minimum atomic E-state index is -0.671. The number of rotatable bonds is 2. The predicted octanol–water partition coefficient (Wildman–Crippen LogP) is 1.50. The fourth-order valence-corrected chi connectivity index (χ4v) is 2.60. The number of carbonyl (C=O) groups excluding carboxylic acids is 2. The molecule has 0 unspecified atom stereocenters. The predicted molar refractivity (Wildman–Crippen MR) is 55.4 cm³/mol. The van der Waals surface area contributed by atoms with Gasteiger partial charge >= 0.3 is 11.9 Å². The molecular formula is C8H8O4S2. The number of carbonyl (C=O) groups is 2. The molecule has 0 radical (unpaired) electrons. The molecule has 1 heterocycles. The molecule has 0 aromatic heterocycles. The molecule has 76 valence electrons. The van der Waals surface area contributed by atoms with Crippen LogP contribution in [0.3, 0.4) is 0 Å². The normalized spacial score (nSPS) is 14.0. The van der Waals surface area contributed by atoms with Gasteiger partial charge in [0, 0.05) is 0 Å². The zero-order chi connectivity index (χ0) is 10.6. The SMILES string of the molecule is COC(=O)C(C(=O)OC)=C1SC=CS1. The summed E-state index contributed by atoms with van der Waals surface area (Å²) in [4.78, 5) is 22.5. The van der Waals surface area contributed by atoms with Crippen molar-refractivity contribution in [2.75, 3.05) is 14.2 Å². The van der Waals surface area contributed by atoms with Gasteiger partial charge in [0.2, 0.25) is 0 Å². The van der Waals surface area contributed by atoms with E-state index >= 15 is 0 Å². The third-order valence-electron chi connectivity index (χ3n) is 1.39. The number of hydrogen-bond acceptors (Lipinski definition) is 6. The topological polar surface area (TPSA) is 52.6 Å². The summed E-state index contributed by atoms with van der Waals surface area (Å²) in [5, 5.41) is 3.57. The molecule has 0 N–H and O–H groups in total. The maximum atomic E-state index is 11.3. The number of hydrogen-bond donors (Lipinski definition) is 0.